The predicted octanol–water partition coefficient (Wildman–Crippen LogP) is 6.51. The van der Waals surface area contributed by atoms with Crippen LogP contribution in [-0.4, -0.2) is 60.5 Å². The van der Waals surface area contributed by atoms with Crippen LogP contribution in [0.1, 0.15) is 32.3 Å². The van der Waals surface area contributed by atoms with Gasteiger partial charge in [-0.1, -0.05) is 37.4 Å². The number of halogens is 2. The third kappa shape index (κ3) is 7.24. The number of likely N-dealkylation sites (tertiary alicyclic amines) is 1. The van der Waals surface area contributed by atoms with Crippen molar-refractivity contribution in [3.8, 4) is 23.3 Å². The summed E-state index contributed by atoms with van der Waals surface area (Å²) in [6.45, 7) is 8.09. The van der Waals surface area contributed by atoms with Crippen molar-refractivity contribution >= 4 is 46.1 Å². The third-order valence-corrected chi connectivity index (χ3v) is 6.96. The number of fused-ring (bicyclic) bond motifs is 1. The van der Waals surface area contributed by atoms with E-state index < -0.39 is 0 Å². The highest BCUT2D eigenvalue weighted by Crippen LogP contribution is 2.33. The number of benzene rings is 2. The molecule has 194 valence electrons. The molecule has 6 nitrogen and oxygen atoms in total. The minimum atomic E-state index is 0.290. The van der Waals surface area contributed by atoms with Crippen molar-refractivity contribution in [1.29, 1.82) is 5.26 Å². The van der Waals surface area contributed by atoms with Crippen LogP contribution in [0.15, 0.2) is 42.6 Å². The topological polar surface area (TPSA) is 62.4 Å². The zero-order valence-corrected chi connectivity index (χ0v) is 23.4. The van der Waals surface area contributed by atoms with Crippen LogP contribution in [0.4, 0.5) is 0 Å². The van der Waals surface area contributed by atoms with Crippen LogP contribution in [0.5, 0.6) is 11.5 Å². The predicted molar refractivity (Wildman–Crippen MR) is 152 cm³/mol. The minimum absolute atomic E-state index is 0.290. The molecule has 1 fully saturated rings. The number of aromatic nitrogens is 1. The Labute approximate surface area is 228 Å². The van der Waals surface area contributed by atoms with Crippen LogP contribution in [0.25, 0.3) is 16.6 Å². The second kappa shape index (κ2) is 14.6. The van der Waals surface area contributed by atoms with Crippen molar-refractivity contribution in [1.82, 2.24) is 14.2 Å². The second-order valence-corrected chi connectivity index (χ2v) is 9.58. The number of nitriles is 1. The zero-order chi connectivity index (χ0) is 25.9. The molecule has 1 aliphatic heterocycles. The number of hydrogen-bond acceptors (Lipinski definition) is 6. The molecule has 2 aromatic carbocycles. The van der Waals surface area contributed by atoms with Crippen molar-refractivity contribution in [3.05, 3.63) is 53.2 Å². The molecule has 1 N–H and O–H groups in total. The van der Waals surface area contributed by atoms with Gasteiger partial charge in [0, 0.05) is 29.9 Å². The number of rotatable bonds is 10. The smallest absolute Gasteiger partial charge is 0.155 e. The maximum Gasteiger partial charge on any atom is 0.155 e. The Balaban J connectivity index is 0.00000176. The van der Waals surface area contributed by atoms with Gasteiger partial charge in [-0.05, 0) is 68.6 Å². The van der Waals surface area contributed by atoms with E-state index in [0.717, 1.165) is 42.0 Å². The Bertz CT molecular complexity index is 1160. The maximum absolute atomic E-state index is 9.57. The van der Waals surface area contributed by atoms with Crippen molar-refractivity contribution in [2.24, 2.45) is 0 Å². The van der Waals surface area contributed by atoms with E-state index in [0.29, 0.717) is 34.9 Å². The summed E-state index contributed by atoms with van der Waals surface area (Å²) in [6.07, 6.45) is 6.40. The third-order valence-electron chi connectivity index (χ3n) is 5.96. The summed E-state index contributed by atoms with van der Waals surface area (Å²) < 4.78 is 17.1. The van der Waals surface area contributed by atoms with E-state index in [1.807, 2.05) is 48.9 Å². The standard InChI is InChI=1S/C25H28Cl2N4O2S.C2H6/c1-34-29-20-5-8-30(9-6-20)11-13-32-22-2-3-24-18(15-22)4-10-31(24)21-14-19(17-28)25(23(27)16-21)33-12-7-26;1-2/h2-4,10,14-16,20,29H,5-9,11-13H2,1H3;1-2H3. The molecule has 0 atom stereocenters. The Morgan fingerprint density at radius 3 is 2.58 bits per heavy atom. The number of ether oxygens (including phenoxy) is 2. The molecule has 9 heteroatoms. The normalized spacial score (nSPS) is 14.2. The summed E-state index contributed by atoms with van der Waals surface area (Å²) in [6, 6.07) is 14.5. The Morgan fingerprint density at radius 1 is 1.11 bits per heavy atom. The number of nitrogens with zero attached hydrogens (tertiary/aromatic N) is 3. The number of alkyl halides is 1. The summed E-state index contributed by atoms with van der Waals surface area (Å²) in [5.74, 6) is 1.54. The van der Waals surface area contributed by atoms with E-state index in [4.69, 9.17) is 32.7 Å². The largest absolute Gasteiger partial charge is 0.492 e. The molecular weight excluding hydrogens is 515 g/mol. The van der Waals surface area contributed by atoms with Crippen molar-refractivity contribution in [2.75, 3.05) is 45.0 Å². The van der Waals surface area contributed by atoms with Gasteiger partial charge >= 0.3 is 0 Å². The van der Waals surface area contributed by atoms with E-state index in [9.17, 15) is 5.26 Å². The van der Waals surface area contributed by atoms with Crippen molar-refractivity contribution in [2.45, 2.75) is 32.7 Å². The quantitative estimate of drug-likeness (QED) is 0.230. The van der Waals surface area contributed by atoms with E-state index >= 15 is 0 Å². The summed E-state index contributed by atoms with van der Waals surface area (Å²) in [5.41, 5.74) is 2.18. The number of hydrogen-bond donors (Lipinski definition) is 1. The van der Waals surface area contributed by atoms with E-state index in [1.165, 1.54) is 12.8 Å². The molecule has 0 aliphatic carbocycles. The van der Waals surface area contributed by atoms with Gasteiger partial charge in [-0.25, -0.2) is 0 Å². The molecule has 1 aromatic heterocycles. The Morgan fingerprint density at radius 2 is 1.89 bits per heavy atom. The highest BCUT2D eigenvalue weighted by Gasteiger charge is 2.18. The molecular formula is C27H34Cl2N4O2S. The van der Waals surface area contributed by atoms with Crippen LogP contribution in [0, 0.1) is 11.3 Å². The average Bonchev–Trinajstić information content (AvgIpc) is 3.33. The van der Waals surface area contributed by atoms with Gasteiger partial charge in [0.2, 0.25) is 0 Å². The fourth-order valence-electron chi connectivity index (χ4n) is 4.26. The first-order chi connectivity index (χ1) is 17.6. The van der Waals surface area contributed by atoms with Gasteiger partial charge < -0.3 is 14.0 Å². The van der Waals surface area contributed by atoms with Gasteiger partial charge in [-0.15, -0.1) is 11.6 Å². The maximum atomic E-state index is 9.57. The summed E-state index contributed by atoms with van der Waals surface area (Å²) in [7, 11) is 0. The molecule has 0 unspecified atom stereocenters. The molecule has 4 rings (SSSR count). The molecule has 0 bridgehead atoms. The van der Waals surface area contributed by atoms with Crippen molar-refractivity contribution in [3.63, 3.8) is 0 Å². The lowest BCUT2D eigenvalue weighted by Crippen LogP contribution is -2.41. The van der Waals surface area contributed by atoms with E-state index in [2.05, 4.69) is 21.9 Å². The molecule has 1 aliphatic rings. The Hall–Kier alpha value is -2.08. The highest BCUT2D eigenvalue weighted by atomic mass is 35.5. The van der Waals surface area contributed by atoms with Gasteiger partial charge in [0.15, 0.2) is 5.75 Å². The van der Waals surface area contributed by atoms with Gasteiger partial charge in [0.1, 0.15) is 25.0 Å². The SMILES string of the molecule is CC.CSNC1CCN(CCOc2ccc3c(ccn3-c3cc(Cl)c(OCCCl)c(C#N)c3)c2)CC1. The summed E-state index contributed by atoms with van der Waals surface area (Å²) in [5, 5.41) is 11.0. The van der Waals surface area contributed by atoms with Gasteiger partial charge in [0.05, 0.1) is 22.0 Å². The van der Waals surface area contributed by atoms with Crippen LogP contribution in [0.3, 0.4) is 0 Å². The van der Waals surface area contributed by atoms with Gasteiger partial charge in [0.25, 0.3) is 0 Å². The minimum Gasteiger partial charge on any atom is -0.492 e. The molecule has 1 saturated heterocycles. The first-order valence-corrected chi connectivity index (χ1v) is 14.4. The first kappa shape index (κ1) is 28.5. The fourth-order valence-corrected chi connectivity index (χ4v) is 5.17. The lowest BCUT2D eigenvalue weighted by molar-refractivity contribution is 0.171. The molecule has 0 saturated carbocycles. The summed E-state index contributed by atoms with van der Waals surface area (Å²) in [4.78, 5) is 2.46. The molecule has 0 radical (unpaired) electrons. The lowest BCUT2D eigenvalue weighted by Gasteiger charge is -2.31. The highest BCUT2D eigenvalue weighted by molar-refractivity contribution is 7.96. The van der Waals surface area contributed by atoms with E-state index in [1.54, 1.807) is 24.1 Å². The van der Waals surface area contributed by atoms with Crippen LogP contribution >= 0.6 is 35.1 Å². The van der Waals surface area contributed by atoms with Crippen LogP contribution < -0.4 is 14.2 Å². The summed E-state index contributed by atoms with van der Waals surface area (Å²) >= 11 is 13.8. The molecule has 3 aromatic rings. The van der Waals surface area contributed by atoms with Crippen LogP contribution in [0.2, 0.25) is 5.02 Å². The molecule has 0 spiro atoms. The zero-order valence-electron chi connectivity index (χ0n) is 21.1. The fraction of sp³-hybridized carbons (Fsp3) is 0.444. The molecule has 2 heterocycles. The number of piperidine rings is 1. The first-order valence-electron chi connectivity index (χ1n) is 12.3. The van der Waals surface area contributed by atoms with Gasteiger partial charge in [-0.2, -0.15) is 5.26 Å². The molecule has 36 heavy (non-hydrogen) atoms. The van der Waals surface area contributed by atoms with E-state index in [-0.39, 0.29) is 6.61 Å². The van der Waals surface area contributed by atoms with Gasteiger partial charge in [-0.3, -0.25) is 9.62 Å². The molecule has 0 amide bonds. The average molecular weight is 550 g/mol. The lowest BCUT2D eigenvalue weighted by atomic mass is 10.1. The Kier molecular flexibility index (Phi) is 11.6. The van der Waals surface area contributed by atoms with Crippen LogP contribution in [-0.2, 0) is 0 Å². The second-order valence-electron chi connectivity index (χ2n) is 8.15. The van der Waals surface area contributed by atoms with Crippen molar-refractivity contribution < 1.29 is 9.47 Å². The number of nitrogens with one attached hydrogen (secondary N) is 1. The monoisotopic (exact) mass is 548 g/mol.